The monoisotopic (exact) mass is 615 g/mol. The van der Waals surface area contributed by atoms with Crippen molar-refractivity contribution in [2.24, 2.45) is 0 Å². The van der Waals surface area contributed by atoms with E-state index in [1.165, 1.54) is 0 Å². The average molecular weight is 616 g/mol. The summed E-state index contributed by atoms with van der Waals surface area (Å²) in [6.07, 6.45) is 0. The lowest BCUT2D eigenvalue weighted by atomic mass is 9.96. The van der Waals surface area contributed by atoms with Crippen molar-refractivity contribution in [2.75, 3.05) is 0 Å². The SMILES string of the molecule is [2H]c1c([2H])c([2H])c(-c2ccc(-c3nc(-c4ccccc4)nc(-c4ccc(-c5c([2H])c([2H])c([2H])c6oc7c([2H])c([2H])c8c([2H])c([2H])c([2H])c([2H])c8c7c56)cc4)n3)cc2)c([2H])c1[2H]. The van der Waals surface area contributed by atoms with Gasteiger partial charge in [0, 0.05) is 27.5 Å². The first-order valence-corrected chi connectivity index (χ1v) is 14.6. The van der Waals surface area contributed by atoms with Crippen LogP contribution in [-0.2, 0) is 0 Å². The molecule has 0 bridgehead atoms. The highest BCUT2D eigenvalue weighted by atomic mass is 16.3. The van der Waals surface area contributed by atoms with Crippen LogP contribution in [-0.4, -0.2) is 15.0 Å². The molecule has 0 saturated heterocycles. The quantitative estimate of drug-likeness (QED) is 0.193. The summed E-state index contributed by atoms with van der Waals surface area (Å²) in [6.45, 7) is 0. The van der Waals surface area contributed by atoms with Crippen molar-refractivity contribution in [1.82, 2.24) is 15.0 Å². The van der Waals surface area contributed by atoms with Crippen LogP contribution in [0.15, 0.2) is 168 Å². The molecule has 0 aliphatic rings. The van der Waals surface area contributed by atoms with Gasteiger partial charge in [-0.15, -0.1) is 0 Å². The Bertz CT molecular complexity index is 3310. The standard InChI is InChI=1S/C43H27N3O/c1-3-10-28(11-4-1)29-18-22-33(23-19-29)42-44-41(32-13-5-2-6-14-32)45-43(46-42)34-24-20-31(21-25-34)36-16-9-17-37-39(36)40-35-15-8-7-12-30(35)26-27-38(40)47-37/h1-27H/i1D,3D,4D,7D,8D,9D,10D,11D,12D,15D,16D,17D,26D,27D. The number of rotatable bonds is 5. The molecular weight excluding hydrogens is 574 g/mol. The number of hydrogen-bond donors (Lipinski definition) is 0. The van der Waals surface area contributed by atoms with E-state index in [1.807, 2.05) is 30.3 Å². The first-order valence-electron chi connectivity index (χ1n) is 21.6. The lowest BCUT2D eigenvalue weighted by molar-refractivity contribution is 0.669. The summed E-state index contributed by atoms with van der Waals surface area (Å²) in [5.74, 6) is 0.893. The van der Waals surface area contributed by atoms with Crippen molar-refractivity contribution in [3.63, 3.8) is 0 Å². The second kappa shape index (κ2) is 11.2. The van der Waals surface area contributed by atoms with E-state index in [0.29, 0.717) is 33.6 Å². The van der Waals surface area contributed by atoms with E-state index in [-0.39, 0.29) is 73.6 Å². The zero-order valence-electron chi connectivity index (χ0n) is 38.3. The number of nitrogens with zero attached hydrogens (tertiary/aromatic N) is 3. The van der Waals surface area contributed by atoms with Gasteiger partial charge < -0.3 is 4.42 Å². The molecule has 0 spiro atoms. The molecule has 47 heavy (non-hydrogen) atoms. The highest BCUT2D eigenvalue weighted by molar-refractivity contribution is 6.22. The zero-order valence-corrected chi connectivity index (χ0v) is 24.3. The minimum atomic E-state index is -0.577. The minimum absolute atomic E-state index is 0.0336. The smallest absolute Gasteiger partial charge is 0.164 e. The van der Waals surface area contributed by atoms with Crippen LogP contribution < -0.4 is 0 Å². The number of hydrogen-bond acceptors (Lipinski definition) is 4. The normalized spacial score (nSPS) is 15.6. The first kappa shape index (κ1) is 16.3. The van der Waals surface area contributed by atoms with Gasteiger partial charge in [-0.1, -0.05) is 151 Å². The molecule has 2 heterocycles. The highest BCUT2D eigenvalue weighted by Crippen LogP contribution is 2.40. The maximum atomic E-state index is 9.07. The Labute approximate surface area is 291 Å². The van der Waals surface area contributed by atoms with E-state index in [0.717, 1.165) is 0 Å². The maximum Gasteiger partial charge on any atom is 0.164 e. The van der Waals surface area contributed by atoms with Crippen LogP contribution in [0.3, 0.4) is 0 Å². The summed E-state index contributed by atoms with van der Waals surface area (Å²) in [5, 5.41) is -0.170. The van der Waals surface area contributed by atoms with E-state index in [1.54, 1.807) is 48.5 Å². The number of aromatic nitrogens is 3. The number of benzene rings is 7. The predicted molar refractivity (Wildman–Crippen MR) is 192 cm³/mol. The van der Waals surface area contributed by atoms with Gasteiger partial charge in [0.25, 0.3) is 0 Å². The lowest BCUT2D eigenvalue weighted by Gasteiger charge is -2.10. The third-order valence-corrected chi connectivity index (χ3v) is 7.79. The Balaban J connectivity index is 1.21. The molecule has 0 N–H and O–H groups in total. The summed E-state index contributed by atoms with van der Waals surface area (Å²) in [5.41, 5.74) is 2.36. The van der Waals surface area contributed by atoms with Crippen LogP contribution in [0.4, 0.5) is 0 Å². The lowest BCUT2D eigenvalue weighted by Crippen LogP contribution is -2.00. The van der Waals surface area contributed by atoms with Gasteiger partial charge in [0.1, 0.15) is 11.2 Å². The van der Waals surface area contributed by atoms with Crippen molar-refractivity contribution in [1.29, 1.82) is 0 Å². The van der Waals surface area contributed by atoms with E-state index < -0.39 is 66.5 Å². The van der Waals surface area contributed by atoms with Crippen LogP contribution in [0.1, 0.15) is 19.2 Å². The molecule has 0 aliphatic carbocycles. The molecule has 0 saturated carbocycles. The van der Waals surface area contributed by atoms with Crippen molar-refractivity contribution in [2.45, 2.75) is 0 Å². The van der Waals surface area contributed by atoms with Gasteiger partial charge in [-0.25, -0.2) is 15.0 Å². The Kier molecular flexibility index (Phi) is 3.87. The molecule has 0 atom stereocenters. The van der Waals surface area contributed by atoms with Gasteiger partial charge in [0.2, 0.25) is 0 Å². The third kappa shape index (κ3) is 4.84. The largest absolute Gasteiger partial charge is 0.456 e. The predicted octanol–water partition coefficient (Wildman–Crippen LogP) is 11.3. The fourth-order valence-electron chi connectivity index (χ4n) is 5.54. The average Bonchev–Trinajstić information content (AvgIpc) is 3.67. The second-order valence-corrected chi connectivity index (χ2v) is 10.6. The molecule has 0 aliphatic heterocycles. The number of fused-ring (bicyclic) bond motifs is 5. The van der Waals surface area contributed by atoms with Crippen LogP contribution in [0, 0.1) is 0 Å². The van der Waals surface area contributed by atoms with Gasteiger partial charge in [0.15, 0.2) is 17.5 Å². The van der Waals surface area contributed by atoms with Crippen LogP contribution in [0.5, 0.6) is 0 Å². The molecule has 9 rings (SSSR count). The topological polar surface area (TPSA) is 51.8 Å². The first-order chi connectivity index (χ1) is 29.1. The second-order valence-electron chi connectivity index (χ2n) is 10.6. The Morgan fingerprint density at radius 3 is 1.68 bits per heavy atom. The molecular formula is C43H27N3O. The fourth-order valence-corrected chi connectivity index (χ4v) is 5.54. The van der Waals surface area contributed by atoms with Crippen LogP contribution in [0.2, 0.25) is 0 Å². The van der Waals surface area contributed by atoms with Crippen molar-refractivity contribution in [3.8, 4) is 56.4 Å². The summed E-state index contributed by atoms with van der Waals surface area (Å²) >= 11 is 0. The number of furan rings is 1. The van der Waals surface area contributed by atoms with Gasteiger partial charge >= 0.3 is 0 Å². The molecule has 220 valence electrons. The molecule has 2 aromatic heterocycles. The van der Waals surface area contributed by atoms with Crippen LogP contribution in [0.25, 0.3) is 89.1 Å². The van der Waals surface area contributed by atoms with Gasteiger partial charge in [-0.2, -0.15) is 0 Å². The molecule has 4 nitrogen and oxygen atoms in total. The molecule has 9 aromatic rings. The summed E-state index contributed by atoms with van der Waals surface area (Å²) in [6, 6.07) is 16.2. The van der Waals surface area contributed by atoms with Gasteiger partial charge in [-0.05, 0) is 45.1 Å². The highest BCUT2D eigenvalue weighted by Gasteiger charge is 2.16. The van der Waals surface area contributed by atoms with E-state index in [9.17, 15) is 0 Å². The fraction of sp³-hybridized carbons (Fsp3) is 0. The maximum absolute atomic E-state index is 9.07. The minimum Gasteiger partial charge on any atom is -0.456 e. The van der Waals surface area contributed by atoms with Gasteiger partial charge in [-0.3, -0.25) is 0 Å². The molecule has 7 aromatic carbocycles. The van der Waals surface area contributed by atoms with Gasteiger partial charge in [0.05, 0.1) is 19.2 Å². The summed E-state index contributed by atoms with van der Waals surface area (Å²) < 4.78 is 125. The molecule has 4 heteroatoms. The zero-order chi connectivity index (χ0) is 43.3. The third-order valence-electron chi connectivity index (χ3n) is 7.79. The van der Waals surface area contributed by atoms with Crippen LogP contribution >= 0.6 is 0 Å². The molecule has 0 unspecified atom stereocenters. The summed E-state index contributed by atoms with van der Waals surface area (Å²) in [4.78, 5) is 14.3. The Morgan fingerprint density at radius 2 is 0.979 bits per heavy atom. The Hall–Kier alpha value is -6.39. The molecule has 0 radical (unpaired) electrons. The van der Waals surface area contributed by atoms with Crippen molar-refractivity contribution < 1.29 is 23.6 Å². The van der Waals surface area contributed by atoms with E-state index in [2.05, 4.69) is 0 Å². The molecule has 0 amide bonds. The summed E-state index contributed by atoms with van der Waals surface area (Å²) in [7, 11) is 0. The van der Waals surface area contributed by atoms with Crippen molar-refractivity contribution in [3.05, 3.63) is 163 Å². The van der Waals surface area contributed by atoms with Crippen molar-refractivity contribution >= 4 is 32.7 Å². The Morgan fingerprint density at radius 1 is 0.404 bits per heavy atom. The van der Waals surface area contributed by atoms with E-state index in [4.69, 9.17) is 38.6 Å². The van der Waals surface area contributed by atoms with E-state index >= 15 is 0 Å². The molecule has 0 fully saturated rings.